The lowest BCUT2D eigenvalue weighted by Gasteiger charge is -2.14. The molecular weight excluding hydrogens is 344 g/mol. The molecule has 3 unspecified atom stereocenters. The first-order chi connectivity index (χ1) is 13.0. The van der Waals surface area contributed by atoms with Crippen LogP contribution >= 0.6 is 0 Å². The molecule has 0 saturated carbocycles. The Morgan fingerprint density at radius 2 is 1.52 bits per heavy atom. The van der Waals surface area contributed by atoms with Crippen LogP contribution in [0.15, 0.2) is 48.6 Å². The molecule has 0 aromatic heterocycles. The molecule has 0 bridgehead atoms. The van der Waals surface area contributed by atoms with Gasteiger partial charge in [-0.05, 0) is 32.1 Å². The van der Waals surface area contributed by atoms with E-state index in [1.54, 1.807) is 6.08 Å². The Labute approximate surface area is 163 Å². The fourth-order valence-electron chi connectivity index (χ4n) is 2.35. The molecule has 0 aliphatic carbocycles. The largest absolute Gasteiger partial charge is 0.481 e. The second kappa shape index (κ2) is 17.7. The molecule has 0 rings (SSSR count). The summed E-state index contributed by atoms with van der Waals surface area (Å²) in [6, 6.07) is 0. The van der Waals surface area contributed by atoms with Gasteiger partial charge in [-0.3, -0.25) is 4.79 Å². The minimum Gasteiger partial charge on any atom is -0.481 e. The van der Waals surface area contributed by atoms with Gasteiger partial charge in [0.15, 0.2) is 0 Å². The van der Waals surface area contributed by atoms with E-state index in [-0.39, 0.29) is 18.9 Å². The lowest BCUT2D eigenvalue weighted by atomic mass is 10.1. The maximum absolute atomic E-state index is 10.4. The molecule has 0 heterocycles. The van der Waals surface area contributed by atoms with E-state index in [0.29, 0.717) is 6.42 Å². The van der Waals surface area contributed by atoms with Crippen molar-refractivity contribution in [1.82, 2.24) is 0 Å². The van der Waals surface area contributed by atoms with Crippen LogP contribution in [0.1, 0.15) is 64.7 Å². The van der Waals surface area contributed by atoms with Gasteiger partial charge in [0.05, 0.1) is 18.3 Å². The Balaban J connectivity index is 3.78. The van der Waals surface area contributed by atoms with Crippen LogP contribution in [0.2, 0.25) is 0 Å². The number of rotatable bonds is 16. The van der Waals surface area contributed by atoms with Crippen LogP contribution in [-0.4, -0.2) is 44.7 Å². The van der Waals surface area contributed by atoms with Gasteiger partial charge in [0.25, 0.3) is 0 Å². The van der Waals surface area contributed by atoms with Crippen LogP contribution in [0.25, 0.3) is 0 Å². The van der Waals surface area contributed by atoms with Crippen molar-refractivity contribution in [2.24, 2.45) is 0 Å². The van der Waals surface area contributed by atoms with E-state index in [0.717, 1.165) is 38.5 Å². The number of carboxylic acids is 1. The minimum absolute atomic E-state index is 0.0563. The summed E-state index contributed by atoms with van der Waals surface area (Å²) in [4.78, 5) is 10.4. The summed E-state index contributed by atoms with van der Waals surface area (Å²) in [6.45, 7) is 2.15. The number of carbonyl (C=O) groups is 1. The first kappa shape index (κ1) is 25.3. The third-order valence-electron chi connectivity index (χ3n) is 4.04. The van der Waals surface area contributed by atoms with E-state index >= 15 is 0 Å². The van der Waals surface area contributed by atoms with Gasteiger partial charge < -0.3 is 20.4 Å². The molecule has 0 fully saturated rings. The Bertz CT molecular complexity index is 479. The lowest BCUT2D eigenvalue weighted by Crippen LogP contribution is -2.25. The summed E-state index contributed by atoms with van der Waals surface area (Å²) in [5, 5.41) is 37.6. The van der Waals surface area contributed by atoms with Crippen LogP contribution in [-0.2, 0) is 4.79 Å². The molecule has 0 aliphatic rings. The predicted octanol–water partition coefficient (Wildman–Crippen LogP) is 3.91. The molecule has 0 radical (unpaired) electrons. The SMILES string of the molecule is CCCCCC(O)/C=C/C=C\C/C=C\C/C=C\CC(O)C(O)CCC(=O)O. The Kier molecular flexibility index (Phi) is 16.6. The molecule has 0 spiro atoms. The van der Waals surface area contributed by atoms with Crippen LogP contribution in [0.5, 0.6) is 0 Å². The molecule has 0 aliphatic heterocycles. The maximum atomic E-state index is 10.4. The summed E-state index contributed by atoms with van der Waals surface area (Å²) in [5.74, 6) is -0.977. The van der Waals surface area contributed by atoms with E-state index in [1.165, 1.54) is 0 Å². The van der Waals surface area contributed by atoms with Gasteiger partial charge in [-0.15, -0.1) is 0 Å². The quantitative estimate of drug-likeness (QED) is 0.185. The van der Waals surface area contributed by atoms with Crippen LogP contribution in [0.3, 0.4) is 0 Å². The Morgan fingerprint density at radius 1 is 0.852 bits per heavy atom. The van der Waals surface area contributed by atoms with Crippen molar-refractivity contribution in [3.8, 4) is 0 Å². The summed E-state index contributed by atoms with van der Waals surface area (Å²) >= 11 is 0. The second-order valence-corrected chi connectivity index (χ2v) is 6.59. The Morgan fingerprint density at radius 3 is 2.19 bits per heavy atom. The van der Waals surface area contributed by atoms with Gasteiger partial charge in [0.1, 0.15) is 0 Å². The number of aliphatic hydroxyl groups excluding tert-OH is 3. The molecule has 0 saturated heterocycles. The summed E-state index contributed by atoms with van der Waals surface area (Å²) < 4.78 is 0. The zero-order valence-electron chi connectivity index (χ0n) is 16.4. The van der Waals surface area contributed by atoms with Crippen molar-refractivity contribution < 1.29 is 25.2 Å². The van der Waals surface area contributed by atoms with Crippen LogP contribution in [0, 0.1) is 0 Å². The van der Waals surface area contributed by atoms with Gasteiger partial charge in [0, 0.05) is 6.42 Å². The second-order valence-electron chi connectivity index (χ2n) is 6.59. The number of allylic oxidation sites excluding steroid dienone is 6. The molecule has 27 heavy (non-hydrogen) atoms. The van der Waals surface area contributed by atoms with Crippen molar-refractivity contribution in [3.63, 3.8) is 0 Å². The molecule has 3 atom stereocenters. The van der Waals surface area contributed by atoms with Gasteiger partial charge in [0.2, 0.25) is 0 Å². The van der Waals surface area contributed by atoms with Crippen LogP contribution < -0.4 is 0 Å². The fourth-order valence-corrected chi connectivity index (χ4v) is 2.35. The highest BCUT2D eigenvalue weighted by Crippen LogP contribution is 2.07. The van der Waals surface area contributed by atoms with E-state index in [2.05, 4.69) is 6.92 Å². The van der Waals surface area contributed by atoms with E-state index < -0.39 is 18.2 Å². The standard InChI is InChI=1S/C22H36O5/c1-2-3-11-14-19(23)15-12-9-7-5-4-6-8-10-13-16-20(24)21(25)17-18-22(26)27/h4,6-7,9-10,12-13,15,19-21,23-25H,2-3,5,8,11,14,16-18H2,1H3,(H,26,27)/b6-4-,9-7-,13-10-,15-12+. The zero-order valence-corrected chi connectivity index (χ0v) is 16.4. The molecule has 5 nitrogen and oxygen atoms in total. The van der Waals surface area contributed by atoms with Crippen molar-refractivity contribution in [2.45, 2.75) is 83.0 Å². The topological polar surface area (TPSA) is 98.0 Å². The molecule has 0 amide bonds. The highest BCUT2D eigenvalue weighted by atomic mass is 16.4. The first-order valence-corrected chi connectivity index (χ1v) is 9.86. The summed E-state index contributed by atoms with van der Waals surface area (Å²) in [7, 11) is 0. The van der Waals surface area contributed by atoms with Crippen LogP contribution in [0.4, 0.5) is 0 Å². The van der Waals surface area contributed by atoms with E-state index in [1.807, 2.05) is 42.5 Å². The summed E-state index contributed by atoms with van der Waals surface area (Å²) in [6.07, 6.45) is 19.0. The van der Waals surface area contributed by atoms with E-state index in [4.69, 9.17) is 5.11 Å². The number of aliphatic hydroxyl groups is 3. The van der Waals surface area contributed by atoms with Crippen molar-refractivity contribution in [3.05, 3.63) is 48.6 Å². The zero-order chi connectivity index (χ0) is 20.3. The monoisotopic (exact) mass is 380 g/mol. The predicted molar refractivity (Wildman–Crippen MR) is 109 cm³/mol. The van der Waals surface area contributed by atoms with Crippen molar-refractivity contribution in [2.75, 3.05) is 0 Å². The van der Waals surface area contributed by atoms with Gasteiger partial charge in [-0.1, -0.05) is 74.8 Å². The molecule has 5 heteroatoms. The molecule has 4 N–H and O–H groups in total. The third kappa shape index (κ3) is 17.5. The molecule has 0 aromatic carbocycles. The number of unbranched alkanes of at least 4 members (excludes halogenated alkanes) is 2. The fraction of sp³-hybridized carbons (Fsp3) is 0.591. The molecule has 0 aromatic rings. The number of carboxylic acid groups (broad SMARTS) is 1. The average Bonchev–Trinajstić information content (AvgIpc) is 2.64. The number of hydrogen-bond donors (Lipinski definition) is 4. The average molecular weight is 381 g/mol. The highest BCUT2D eigenvalue weighted by Gasteiger charge is 2.15. The first-order valence-electron chi connectivity index (χ1n) is 9.86. The van der Waals surface area contributed by atoms with Crippen molar-refractivity contribution in [1.29, 1.82) is 0 Å². The van der Waals surface area contributed by atoms with Gasteiger partial charge >= 0.3 is 5.97 Å². The number of hydrogen-bond acceptors (Lipinski definition) is 4. The van der Waals surface area contributed by atoms with E-state index in [9.17, 15) is 20.1 Å². The van der Waals surface area contributed by atoms with Gasteiger partial charge in [-0.25, -0.2) is 0 Å². The number of aliphatic carboxylic acids is 1. The lowest BCUT2D eigenvalue weighted by molar-refractivity contribution is -0.138. The summed E-state index contributed by atoms with van der Waals surface area (Å²) in [5.41, 5.74) is 0. The molecular formula is C22H36O5. The van der Waals surface area contributed by atoms with Gasteiger partial charge in [-0.2, -0.15) is 0 Å². The van der Waals surface area contributed by atoms with Crippen molar-refractivity contribution >= 4 is 5.97 Å². The smallest absolute Gasteiger partial charge is 0.303 e. The Hall–Kier alpha value is -1.69. The minimum atomic E-state index is -1.01. The highest BCUT2D eigenvalue weighted by molar-refractivity contribution is 5.66. The third-order valence-corrected chi connectivity index (χ3v) is 4.04. The maximum Gasteiger partial charge on any atom is 0.303 e. The normalized spacial score (nSPS) is 16.0. The molecule has 154 valence electrons.